The first-order valence-electron chi connectivity index (χ1n) is 5.79. The Morgan fingerprint density at radius 2 is 2.11 bits per heavy atom. The van der Waals surface area contributed by atoms with Gasteiger partial charge in [-0.3, -0.25) is 10.1 Å². The van der Waals surface area contributed by atoms with Gasteiger partial charge >= 0.3 is 0 Å². The molecule has 0 bridgehead atoms. The maximum absolute atomic E-state index is 10.6. The van der Waals surface area contributed by atoms with E-state index in [4.69, 9.17) is 9.26 Å². The fourth-order valence-electron chi connectivity index (χ4n) is 1.84. The predicted octanol–water partition coefficient (Wildman–Crippen LogP) is 2.82. The molecule has 19 heavy (non-hydrogen) atoms. The van der Waals surface area contributed by atoms with Crippen LogP contribution in [0, 0.1) is 17.0 Å². The molecule has 100 valence electrons. The lowest BCUT2D eigenvalue weighted by Gasteiger charge is -2.13. The third-order valence-corrected chi connectivity index (χ3v) is 2.82. The van der Waals surface area contributed by atoms with Crippen molar-refractivity contribution in [3.05, 3.63) is 57.5 Å². The van der Waals surface area contributed by atoms with Crippen LogP contribution in [0.3, 0.4) is 0 Å². The number of non-ortho nitro benzene ring substituents is 1. The standard InChI is InChI=1S/C13H14N2O4/c1-9-7-12(19-14-9)8-13(18-2)10-3-5-11(6-4-10)15(16)17/h3-7,13H,8H2,1-2H3. The van der Waals surface area contributed by atoms with Crippen molar-refractivity contribution in [2.45, 2.75) is 19.4 Å². The van der Waals surface area contributed by atoms with Gasteiger partial charge in [0.05, 0.1) is 16.7 Å². The minimum Gasteiger partial charge on any atom is -0.376 e. The Hall–Kier alpha value is -2.21. The molecule has 0 fully saturated rings. The number of benzene rings is 1. The van der Waals surface area contributed by atoms with Crippen molar-refractivity contribution in [1.82, 2.24) is 5.16 Å². The second kappa shape index (κ2) is 5.62. The van der Waals surface area contributed by atoms with Crippen molar-refractivity contribution in [2.24, 2.45) is 0 Å². The van der Waals surface area contributed by atoms with Gasteiger partial charge in [0.1, 0.15) is 5.76 Å². The quantitative estimate of drug-likeness (QED) is 0.611. The zero-order valence-corrected chi connectivity index (χ0v) is 10.7. The molecular formula is C13H14N2O4. The molecule has 1 heterocycles. The summed E-state index contributed by atoms with van der Waals surface area (Å²) in [5, 5.41) is 14.4. The zero-order chi connectivity index (χ0) is 13.8. The minimum absolute atomic E-state index is 0.0640. The van der Waals surface area contributed by atoms with Gasteiger partial charge in [0.15, 0.2) is 0 Å². The van der Waals surface area contributed by atoms with Crippen LogP contribution in [0.4, 0.5) is 5.69 Å². The maximum Gasteiger partial charge on any atom is 0.269 e. The molecule has 0 N–H and O–H groups in total. The van der Waals surface area contributed by atoms with Crippen molar-refractivity contribution < 1.29 is 14.2 Å². The first-order chi connectivity index (χ1) is 9.10. The number of hydrogen-bond donors (Lipinski definition) is 0. The van der Waals surface area contributed by atoms with Crippen LogP contribution in [0.25, 0.3) is 0 Å². The molecule has 0 aliphatic carbocycles. The van der Waals surface area contributed by atoms with E-state index in [2.05, 4.69) is 5.16 Å². The lowest BCUT2D eigenvalue weighted by Crippen LogP contribution is -2.05. The van der Waals surface area contributed by atoms with E-state index in [1.807, 2.05) is 13.0 Å². The fraction of sp³-hybridized carbons (Fsp3) is 0.308. The normalized spacial score (nSPS) is 12.3. The number of nitro benzene ring substituents is 1. The van der Waals surface area contributed by atoms with Gasteiger partial charge in [-0.05, 0) is 24.6 Å². The Bertz CT molecular complexity index is 562. The number of rotatable bonds is 5. The van der Waals surface area contributed by atoms with Crippen LogP contribution in [0.1, 0.15) is 23.1 Å². The summed E-state index contributed by atoms with van der Waals surface area (Å²) in [6.07, 6.45) is 0.322. The van der Waals surface area contributed by atoms with Crippen LogP contribution < -0.4 is 0 Å². The van der Waals surface area contributed by atoms with E-state index in [-0.39, 0.29) is 11.8 Å². The lowest BCUT2D eigenvalue weighted by molar-refractivity contribution is -0.384. The fourth-order valence-corrected chi connectivity index (χ4v) is 1.84. The van der Waals surface area contributed by atoms with Crippen LogP contribution in [0.5, 0.6) is 0 Å². The highest BCUT2D eigenvalue weighted by atomic mass is 16.6. The first kappa shape index (κ1) is 13.2. The minimum atomic E-state index is -0.425. The average molecular weight is 262 g/mol. The largest absolute Gasteiger partial charge is 0.376 e. The van der Waals surface area contributed by atoms with Crippen molar-refractivity contribution >= 4 is 5.69 Å². The molecule has 0 amide bonds. The maximum atomic E-state index is 10.6. The summed E-state index contributed by atoms with van der Waals surface area (Å²) in [5.41, 5.74) is 1.74. The summed E-state index contributed by atoms with van der Waals surface area (Å²) in [6.45, 7) is 1.85. The topological polar surface area (TPSA) is 78.4 Å². The van der Waals surface area contributed by atoms with Gasteiger partial charge in [-0.25, -0.2) is 0 Å². The zero-order valence-electron chi connectivity index (χ0n) is 10.7. The van der Waals surface area contributed by atoms with Gasteiger partial charge in [-0.2, -0.15) is 0 Å². The van der Waals surface area contributed by atoms with Gasteiger partial charge in [-0.15, -0.1) is 0 Å². The third-order valence-electron chi connectivity index (χ3n) is 2.82. The monoisotopic (exact) mass is 262 g/mol. The van der Waals surface area contributed by atoms with E-state index in [1.165, 1.54) is 12.1 Å². The summed E-state index contributed by atoms with van der Waals surface area (Å²) in [7, 11) is 1.59. The molecule has 0 aliphatic heterocycles. The van der Waals surface area contributed by atoms with Crippen molar-refractivity contribution in [3.8, 4) is 0 Å². The molecule has 0 aliphatic rings. The summed E-state index contributed by atoms with van der Waals surface area (Å²) in [6, 6.07) is 8.16. The number of aromatic nitrogens is 1. The van der Waals surface area contributed by atoms with E-state index < -0.39 is 4.92 Å². The van der Waals surface area contributed by atoms with Crippen LogP contribution in [0.2, 0.25) is 0 Å². The number of methoxy groups -OCH3 is 1. The molecule has 6 nitrogen and oxygen atoms in total. The number of aryl methyl sites for hydroxylation is 1. The van der Waals surface area contributed by atoms with E-state index in [1.54, 1.807) is 19.2 Å². The summed E-state index contributed by atoms with van der Waals surface area (Å²) >= 11 is 0. The Morgan fingerprint density at radius 1 is 1.42 bits per heavy atom. The van der Waals surface area contributed by atoms with Crippen LogP contribution >= 0.6 is 0 Å². The molecule has 0 saturated heterocycles. The van der Waals surface area contributed by atoms with Gasteiger partial charge < -0.3 is 9.26 Å². The highest BCUT2D eigenvalue weighted by molar-refractivity contribution is 5.34. The number of hydrogen-bond acceptors (Lipinski definition) is 5. The van der Waals surface area contributed by atoms with E-state index in [0.717, 1.165) is 17.0 Å². The summed E-state index contributed by atoms with van der Waals surface area (Å²) in [5.74, 6) is 0.725. The summed E-state index contributed by atoms with van der Waals surface area (Å²) < 4.78 is 10.5. The molecule has 0 radical (unpaired) electrons. The highest BCUT2D eigenvalue weighted by Crippen LogP contribution is 2.24. The van der Waals surface area contributed by atoms with Gasteiger partial charge in [0.2, 0.25) is 0 Å². The molecule has 0 spiro atoms. The van der Waals surface area contributed by atoms with Crippen LogP contribution in [-0.2, 0) is 11.2 Å². The molecule has 2 rings (SSSR count). The van der Waals surface area contributed by atoms with Crippen LogP contribution in [0.15, 0.2) is 34.9 Å². The molecule has 6 heteroatoms. The Balaban J connectivity index is 2.15. The van der Waals surface area contributed by atoms with E-state index in [9.17, 15) is 10.1 Å². The molecule has 1 atom stereocenters. The van der Waals surface area contributed by atoms with Crippen molar-refractivity contribution in [3.63, 3.8) is 0 Å². The average Bonchev–Trinajstić information content (AvgIpc) is 2.81. The predicted molar refractivity (Wildman–Crippen MR) is 67.8 cm³/mol. The molecule has 1 aromatic heterocycles. The van der Waals surface area contributed by atoms with Gasteiger partial charge in [-0.1, -0.05) is 5.16 Å². The highest BCUT2D eigenvalue weighted by Gasteiger charge is 2.15. The molecule has 1 unspecified atom stereocenters. The van der Waals surface area contributed by atoms with Crippen molar-refractivity contribution in [2.75, 3.05) is 7.11 Å². The van der Waals surface area contributed by atoms with Gasteiger partial charge in [0, 0.05) is 31.7 Å². The van der Waals surface area contributed by atoms with E-state index in [0.29, 0.717) is 6.42 Å². The Kier molecular flexibility index (Phi) is 3.91. The Labute approximate surface area is 110 Å². The Morgan fingerprint density at radius 3 is 2.58 bits per heavy atom. The number of ether oxygens (including phenoxy) is 1. The SMILES string of the molecule is COC(Cc1cc(C)no1)c1ccc([N+](=O)[O-])cc1. The number of nitro groups is 1. The summed E-state index contributed by atoms with van der Waals surface area (Å²) in [4.78, 5) is 10.2. The molecule has 0 saturated carbocycles. The molecule has 1 aromatic carbocycles. The molecule has 2 aromatic rings. The van der Waals surface area contributed by atoms with Crippen molar-refractivity contribution in [1.29, 1.82) is 0 Å². The second-order valence-corrected chi connectivity index (χ2v) is 4.21. The smallest absolute Gasteiger partial charge is 0.269 e. The first-order valence-corrected chi connectivity index (χ1v) is 5.79. The third kappa shape index (κ3) is 3.17. The van der Waals surface area contributed by atoms with E-state index >= 15 is 0 Å². The van der Waals surface area contributed by atoms with Gasteiger partial charge in [0.25, 0.3) is 5.69 Å². The van der Waals surface area contributed by atoms with Crippen LogP contribution in [-0.4, -0.2) is 17.2 Å². The lowest BCUT2D eigenvalue weighted by atomic mass is 10.0. The second-order valence-electron chi connectivity index (χ2n) is 4.21. The molecular weight excluding hydrogens is 248 g/mol. The number of nitrogens with zero attached hydrogens (tertiary/aromatic N) is 2.